The van der Waals surface area contributed by atoms with Gasteiger partial charge in [-0.05, 0) is 48.6 Å². The maximum absolute atomic E-state index is 12.6. The third-order valence-electron chi connectivity index (χ3n) is 5.27. The Morgan fingerprint density at radius 3 is 2.48 bits per heavy atom. The van der Waals surface area contributed by atoms with Crippen molar-refractivity contribution in [3.8, 4) is 0 Å². The van der Waals surface area contributed by atoms with E-state index in [0.717, 1.165) is 37.1 Å². The molecule has 1 fully saturated rings. The second-order valence-corrected chi connectivity index (χ2v) is 8.55. The lowest BCUT2D eigenvalue weighted by atomic mass is 9.98. The number of anilines is 1. The van der Waals surface area contributed by atoms with Crippen molar-refractivity contribution in [3.05, 3.63) is 59.1 Å². The standard InChI is InChI=1S/C22H25N3OS/c1-15(2)16-7-9-18(10-8-16)23-22(26)25-13-11-17(12-14-25)21-24-19-5-3-4-6-20(19)27-21/h3-10,15,17H,11-14H2,1-2H3,(H,23,26). The number of carbonyl (C=O) groups excluding carboxylic acids is 1. The van der Waals surface area contributed by atoms with E-state index in [4.69, 9.17) is 4.98 Å². The molecule has 27 heavy (non-hydrogen) atoms. The van der Waals surface area contributed by atoms with E-state index in [1.54, 1.807) is 11.3 Å². The van der Waals surface area contributed by atoms with Gasteiger partial charge in [-0.25, -0.2) is 9.78 Å². The van der Waals surface area contributed by atoms with Gasteiger partial charge in [0.05, 0.1) is 15.2 Å². The first kappa shape index (κ1) is 18.0. The molecule has 2 heterocycles. The fraction of sp³-hybridized carbons (Fsp3) is 0.364. The number of thiazole rings is 1. The summed E-state index contributed by atoms with van der Waals surface area (Å²) in [6.45, 7) is 5.89. The first-order valence-corrected chi connectivity index (χ1v) is 10.4. The molecule has 1 aliphatic rings. The number of carbonyl (C=O) groups is 1. The first-order valence-electron chi connectivity index (χ1n) is 9.61. The number of amides is 2. The largest absolute Gasteiger partial charge is 0.324 e. The van der Waals surface area contributed by atoms with Crippen molar-refractivity contribution in [1.82, 2.24) is 9.88 Å². The quantitative estimate of drug-likeness (QED) is 0.622. The van der Waals surface area contributed by atoms with Crippen LogP contribution in [0.25, 0.3) is 10.2 Å². The maximum atomic E-state index is 12.6. The van der Waals surface area contributed by atoms with Crippen LogP contribution in [0.15, 0.2) is 48.5 Å². The van der Waals surface area contributed by atoms with Crippen molar-refractivity contribution in [2.75, 3.05) is 18.4 Å². The van der Waals surface area contributed by atoms with Crippen LogP contribution in [0, 0.1) is 0 Å². The number of para-hydroxylation sites is 1. The lowest BCUT2D eigenvalue weighted by Crippen LogP contribution is -2.40. The Morgan fingerprint density at radius 1 is 1.11 bits per heavy atom. The van der Waals surface area contributed by atoms with E-state index >= 15 is 0 Å². The molecule has 0 unspecified atom stereocenters. The highest BCUT2D eigenvalue weighted by atomic mass is 32.1. The molecule has 1 aliphatic heterocycles. The summed E-state index contributed by atoms with van der Waals surface area (Å²) in [7, 11) is 0. The van der Waals surface area contributed by atoms with Crippen molar-refractivity contribution in [2.45, 2.75) is 38.5 Å². The van der Waals surface area contributed by atoms with Crippen molar-refractivity contribution in [1.29, 1.82) is 0 Å². The molecule has 2 aromatic carbocycles. The number of hydrogen-bond donors (Lipinski definition) is 1. The van der Waals surface area contributed by atoms with Crippen LogP contribution >= 0.6 is 11.3 Å². The fourth-order valence-electron chi connectivity index (χ4n) is 3.55. The molecule has 0 saturated carbocycles. The summed E-state index contributed by atoms with van der Waals surface area (Å²) in [5.41, 5.74) is 3.23. The molecule has 0 atom stereocenters. The zero-order chi connectivity index (χ0) is 18.8. The van der Waals surface area contributed by atoms with Crippen LogP contribution in [-0.4, -0.2) is 29.0 Å². The number of nitrogens with one attached hydrogen (secondary N) is 1. The van der Waals surface area contributed by atoms with Gasteiger partial charge >= 0.3 is 6.03 Å². The third kappa shape index (κ3) is 3.98. The van der Waals surface area contributed by atoms with Crippen molar-refractivity contribution in [2.24, 2.45) is 0 Å². The van der Waals surface area contributed by atoms with Gasteiger partial charge in [-0.2, -0.15) is 0 Å². The highest BCUT2D eigenvalue weighted by Gasteiger charge is 2.26. The summed E-state index contributed by atoms with van der Waals surface area (Å²) in [5.74, 6) is 0.952. The Hall–Kier alpha value is -2.40. The van der Waals surface area contributed by atoms with E-state index in [9.17, 15) is 4.79 Å². The van der Waals surface area contributed by atoms with Gasteiger partial charge in [-0.15, -0.1) is 11.3 Å². The van der Waals surface area contributed by atoms with Gasteiger partial charge in [-0.3, -0.25) is 0 Å². The van der Waals surface area contributed by atoms with Crippen LogP contribution in [0.3, 0.4) is 0 Å². The zero-order valence-corrected chi connectivity index (χ0v) is 16.6. The lowest BCUT2D eigenvalue weighted by Gasteiger charge is -2.31. The predicted octanol–water partition coefficient (Wildman–Crippen LogP) is 5.83. The molecule has 1 N–H and O–H groups in total. The van der Waals surface area contributed by atoms with Gasteiger partial charge < -0.3 is 10.2 Å². The molecule has 4 rings (SSSR count). The molecule has 2 amide bonds. The van der Waals surface area contributed by atoms with Crippen LogP contribution in [0.2, 0.25) is 0 Å². The number of piperidine rings is 1. The third-order valence-corrected chi connectivity index (χ3v) is 6.47. The summed E-state index contributed by atoms with van der Waals surface area (Å²) in [4.78, 5) is 19.3. The normalized spacial score (nSPS) is 15.4. The van der Waals surface area contributed by atoms with Crippen molar-refractivity contribution >= 4 is 33.3 Å². The first-order chi connectivity index (χ1) is 13.1. The molecular formula is C22H25N3OS. The molecule has 3 aromatic rings. The van der Waals surface area contributed by atoms with E-state index in [0.29, 0.717) is 11.8 Å². The fourth-order valence-corrected chi connectivity index (χ4v) is 4.68. The van der Waals surface area contributed by atoms with E-state index in [-0.39, 0.29) is 6.03 Å². The SMILES string of the molecule is CC(C)c1ccc(NC(=O)N2CCC(c3nc4ccccc4s3)CC2)cc1. The number of nitrogens with zero attached hydrogens (tertiary/aromatic N) is 2. The number of rotatable bonds is 3. The maximum Gasteiger partial charge on any atom is 0.321 e. The van der Waals surface area contributed by atoms with Crippen LogP contribution in [0.5, 0.6) is 0 Å². The molecule has 5 heteroatoms. The van der Waals surface area contributed by atoms with E-state index in [1.807, 2.05) is 23.1 Å². The summed E-state index contributed by atoms with van der Waals surface area (Å²) >= 11 is 1.79. The highest BCUT2D eigenvalue weighted by molar-refractivity contribution is 7.18. The number of hydrogen-bond acceptors (Lipinski definition) is 3. The van der Waals surface area contributed by atoms with Crippen molar-refractivity contribution in [3.63, 3.8) is 0 Å². The van der Waals surface area contributed by atoms with Crippen LogP contribution in [0.4, 0.5) is 10.5 Å². The van der Waals surface area contributed by atoms with Crippen LogP contribution in [-0.2, 0) is 0 Å². The van der Waals surface area contributed by atoms with Crippen LogP contribution in [0.1, 0.15) is 49.1 Å². The number of fused-ring (bicyclic) bond motifs is 1. The minimum Gasteiger partial charge on any atom is -0.324 e. The minimum atomic E-state index is -0.00459. The second-order valence-electron chi connectivity index (χ2n) is 7.49. The molecular weight excluding hydrogens is 354 g/mol. The van der Waals surface area contributed by atoms with Crippen LogP contribution < -0.4 is 5.32 Å². The molecule has 4 nitrogen and oxygen atoms in total. The van der Waals surface area contributed by atoms with E-state index in [2.05, 4.69) is 49.5 Å². The Balaban J connectivity index is 1.34. The monoisotopic (exact) mass is 379 g/mol. The number of likely N-dealkylation sites (tertiary alicyclic amines) is 1. The summed E-state index contributed by atoms with van der Waals surface area (Å²) < 4.78 is 1.25. The highest BCUT2D eigenvalue weighted by Crippen LogP contribution is 2.33. The molecule has 0 radical (unpaired) electrons. The summed E-state index contributed by atoms with van der Waals surface area (Å²) in [6.07, 6.45) is 1.94. The van der Waals surface area contributed by atoms with E-state index in [1.165, 1.54) is 15.3 Å². The molecule has 0 bridgehead atoms. The van der Waals surface area contributed by atoms with Gasteiger partial charge in [0.1, 0.15) is 0 Å². The van der Waals surface area contributed by atoms with Gasteiger partial charge in [-0.1, -0.05) is 38.1 Å². The number of aromatic nitrogens is 1. The number of urea groups is 1. The topological polar surface area (TPSA) is 45.2 Å². The molecule has 140 valence electrons. The lowest BCUT2D eigenvalue weighted by molar-refractivity contribution is 0.194. The van der Waals surface area contributed by atoms with Gasteiger partial charge in [0, 0.05) is 24.7 Å². The summed E-state index contributed by atoms with van der Waals surface area (Å²) in [5, 5.41) is 4.24. The van der Waals surface area contributed by atoms with Gasteiger partial charge in [0.15, 0.2) is 0 Å². The molecule has 0 spiro atoms. The zero-order valence-electron chi connectivity index (χ0n) is 15.8. The average Bonchev–Trinajstić information content (AvgIpc) is 3.13. The Kier molecular flexibility index (Phi) is 5.12. The van der Waals surface area contributed by atoms with Crippen molar-refractivity contribution < 1.29 is 4.79 Å². The minimum absolute atomic E-state index is 0.00459. The average molecular weight is 380 g/mol. The second kappa shape index (κ2) is 7.69. The van der Waals surface area contributed by atoms with Gasteiger partial charge in [0.25, 0.3) is 0 Å². The Labute approximate surface area is 164 Å². The Morgan fingerprint density at radius 2 is 1.81 bits per heavy atom. The molecule has 0 aliphatic carbocycles. The number of benzene rings is 2. The summed E-state index contributed by atoms with van der Waals surface area (Å²) in [6, 6.07) is 16.4. The predicted molar refractivity (Wildman–Crippen MR) is 113 cm³/mol. The molecule has 1 saturated heterocycles. The van der Waals surface area contributed by atoms with Gasteiger partial charge in [0.2, 0.25) is 0 Å². The van der Waals surface area contributed by atoms with E-state index < -0.39 is 0 Å². The molecule has 1 aromatic heterocycles. The smallest absolute Gasteiger partial charge is 0.321 e. The Bertz CT molecular complexity index is 891.